The number of nitrogens with zero attached hydrogens (tertiary/aromatic N) is 2. The molecule has 4 aromatic carbocycles. The number of carbonyl (C=O) groups excluding carboxylic acids is 2. The molecule has 1 atom stereocenters. The van der Waals surface area contributed by atoms with E-state index in [1.807, 2.05) is 53.1 Å². The summed E-state index contributed by atoms with van der Waals surface area (Å²) >= 11 is 0. The molecule has 242 valence electrons. The number of halogens is 1. The molecule has 5 aromatic rings. The molecular formula is C38H37FN2O6. The van der Waals surface area contributed by atoms with Crippen LogP contribution < -0.4 is 4.74 Å². The topological polar surface area (TPSA) is 90.2 Å². The van der Waals surface area contributed by atoms with Crippen LogP contribution in [0.15, 0.2) is 97.1 Å². The van der Waals surface area contributed by atoms with Crippen molar-refractivity contribution in [2.45, 2.75) is 45.0 Å². The molecule has 1 fully saturated rings. The number of ether oxygens (including phenoxy) is 3. The lowest BCUT2D eigenvalue weighted by molar-refractivity contribution is 0.0124. The van der Waals surface area contributed by atoms with Crippen molar-refractivity contribution >= 4 is 23.0 Å². The molecule has 6 rings (SSSR count). The van der Waals surface area contributed by atoms with Gasteiger partial charge in [0.15, 0.2) is 0 Å². The fourth-order valence-electron chi connectivity index (χ4n) is 6.10. The first-order chi connectivity index (χ1) is 22.5. The van der Waals surface area contributed by atoms with Crippen molar-refractivity contribution in [3.63, 3.8) is 0 Å². The van der Waals surface area contributed by atoms with Crippen LogP contribution in [0.1, 0.15) is 48.8 Å². The SMILES string of the molecule is COC(=O)c1ccc(-c2c(C3(O)CCN(C(=O)OC(C)(C)C)C3)n(-c3ccc(F)cc3)c3cccc(OCc4ccccc4)c23)cc1. The number of hydrogen-bond donors (Lipinski definition) is 1. The first-order valence-electron chi connectivity index (χ1n) is 15.5. The number of hydrogen-bond acceptors (Lipinski definition) is 6. The highest BCUT2D eigenvalue weighted by atomic mass is 19.1. The van der Waals surface area contributed by atoms with Crippen LogP contribution in [0.4, 0.5) is 9.18 Å². The average Bonchev–Trinajstić information content (AvgIpc) is 3.64. The lowest BCUT2D eigenvalue weighted by Gasteiger charge is -2.28. The summed E-state index contributed by atoms with van der Waals surface area (Å²) < 4.78 is 33.2. The van der Waals surface area contributed by atoms with E-state index in [0.29, 0.717) is 45.9 Å². The van der Waals surface area contributed by atoms with Crippen LogP contribution in [-0.2, 0) is 21.7 Å². The first-order valence-corrected chi connectivity index (χ1v) is 15.5. The third kappa shape index (κ3) is 6.44. The smallest absolute Gasteiger partial charge is 0.410 e. The molecule has 0 saturated carbocycles. The van der Waals surface area contributed by atoms with Gasteiger partial charge in [0.05, 0.1) is 35.8 Å². The van der Waals surface area contributed by atoms with Crippen molar-refractivity contribution in [2.75, 3.05) is 20.2 Å². The molecule has 1 amide bonds. The Morgan fingerprint density at radius 1 is 0.915 bits per heavy atom. The number of carbonyl (C=O) groups is 2. The Balaban J connectivity index is 1.60. The number of rotatable bonds is 7. The summed E-state index contributed by atoms with van der Waals surface area (Å²) in [5, 5.41) is 13.4. The molecule has 1 unspecified atom stereocenters. The molecule has 0 radical (unpaired) electrons. The predicted molar refractivity (Wildman–Crippen MR) is 177 cm³/mol. The molecule has 9 heteroatoms. The number of methoxy groups -OCH3 is 1. The van der Waals surface area contributed by atoms with Gasteiger partial charge < -0.3 is 28.8 Å². The maximum absolute atomic E-state index is 14.2. The normalized spacial score (nSPS) is 16.3. The highest BCUT2D eigenvalue weighted by Crippen LogP contribution is 2.48. The van der Waals surface area contributed by atoms with Crippen LogP contribution in [0.3, 0.4) is 0 Å². The van der Waals surface area contributed by atoms with Crippen molar-refractivity contribution in [1.82, 2.24) is 9.47 Å². The van der Waals surface area contributed by atoms with E-state index in [1.165, 1.54) is 24.1 Å². The van der Waals surface area contributed by atoms with Crippen molar-refractivity contribution in [3.05, 3.63) is 120 Å². The zero-order valence-corrected chi connectivity index (χ0v) is 26.8. The lowest BCUT2D eigenvalue weighted by atomic mass is 9.90. The van der Waals surface area contributed by atoms with Crippen LogP contribution in [0.25, 0.3) is 27.7 Å². The first kappa shape index (κ1) is 31.8. The largest absolute Gasteiger partial charge is 0.488 e. The minimum atomic E-state index is -1.54. The van der Waals surface area contributed by atoms with Crippen molar-refractivity contribution in [2.24, 2.45) is 0 Å². The number of fused-ring (bicyclic) bond motifs is 1. The van der Waals surface area contributed by atoms with E-state index in [2.05, 4.69) is 0 Å². The Hall–Kier alpha value is -5.15. The number of aromatic nitrogens is 1. The van der Waals surface area contributed by atoms with Gasteiger partial charge in [-0.15, -0.1) is 0 Å². The molecule has 47 heavy (non-hydrogen) atoms. The molecule has 1 N–H and O–H groups in total. The van der Waals surface area contributed by atoms with E-state index in [0.717, 1.165) is 10.9 Å². The molecule has 1 aliphatic rings. The Morgan fingerprint density at radius 3 is 2.28 bits per heavy atom. The van der Waals surface area contributed by atoms with E-state index in [9.17, 15) is 19.1 Å². The van der Waals surface area contributed by atoms with Gasteiger partial charge in [-0.1, -0.05) is 48.5 Å². The van der Waals surface area contributed by atoms with Crippen LogP contribution in [0.5, 0.6) is 5.75 Å². The maximum Gasteiger partial charge on any atom is 0.410 e. The standard InChI is InChI=1S/C38H37FN2O6/c1-37(2,3)47-36(43)40-22-21-38(44,24-40)34-32(26-13-15-27(16-14-26)35(42)45-4)33-30(41(34)29-19-17-28(39)18-20-29)11-8-12-31(33)46-23-25-9-6-5-7-10-25/h5-20,44H,21-24H2,1-4H3. The Labute approximate surface area is 272 Å². The number of amides is 1. The van der Waals surface area contributed by atoms with Gasteiger partial charge in [0.2, 0.25) is 0 Å². The number of benzene rings is 4. The van der Waals surface area contributed by atoms with E-state index < -0.39 is 29.1 Å². The number of aliphatic hydroxyl groups is 1. The molecule has 1 saturated heterocycles. The predicted octanol–water partition coefficient (Wildman–Crippen LogP) is 7.63. The molecule has 2 heterocycles. The number of β-amino-alcohol motifs (C(OH)–C–C–N with tert-alkyl or cyclic N) is 1. The van der Waals surface area contributed by atoms with Gasteiger partial charge in [0.25, 0.3) is 0 Å². The second-order valence-electron chi connectivity index (χ2n) is 12.7. The summed E-state index contributed by atoms with van der Waals surface area (Å²) in [5.74, 6) is -0.293. The Bertz CT molecular complexity index is 1910. The third-order valence-electron chi connectivity index (χ3n) is 8.21. The Morgan fingerprint density at radius 2 is 1.62 bits per heavy atom. The second-order valence-corrected chi connectivity index (χ2v) is 12.7. The summed E-state index contributed by atoms with van der Waals surface area (Å²) in [6, 6.07) is 28.5. The van der Waals surface area contributed by atoms with E-state index in [4.69, 9.17) is 14.2 Å². The van der Waals surface area contributed by atoms with Gasteiger partial charge in [-0.05, 0) is 80.4 Å². The highest BCUT2D eigenvalue weighted by molar-refractivity contribution is 6.04. The van der Waals surface area contributed by atoms with Gasteiger partial charge in [0.1, 0.15) is 29.4 Å². The minimum Gasteiger partial charge on any atom is -0.488 e. The van der Waals surface area contributed by atoms with Crippen LogP contribution in [-0.4, -0.2) is 52.4 Å². The fourth-order valence-corrected chi connectivity index (χ4v) is 6.10. The van der Waals surface area contributed by atoms with Gasteiger partial charge in [-0.3, -0.25) is 0 Å². The summed E-state index contributed by atoms with van der Waals surface area (Å²) in [6.07, 6.45) is -0.300. The molecule has 8 nitrogen and oxygen atoms in total. The fraction of sp³-hybridized carbons (Fsp3) is 0.263. The van der Waals surface area contributed by atoms with E-state index in [-0.39, 0.29) is 19.5 Å². The van der Waals surface area contributed by atoms with Crippen molar-refractivity contribution < 1.29 is 33.3 Å². The number of likely N-dealkylation sites (tertiary alicyclic amines) is 1. The third-order valence-corrected chi connectivity index (χ3v) is 8.21. The van der Waals surface area contributed by atoms with Gasteiger partial charge in [-0.25, -0.2) is 14.0 Å². The van der Waals surface area contributed by atoms with Gasteiger partial charge in [0, 0.05) is 24.2 Å². The molecular weight excluding hydrogens is 599 g/mol. The van der Waals surface area contributed by atoms with Crippen LogP contribution >= 0.6 is 0 Å². The summed E-state index contributed by atoms with van der Waals surface area (Å²) in [4.78, 5) is 27.0. The van der Waals surface area contributed by atoms with Crippen molar-refractivity contribution in [1.29, 1.82) is 0 Å². The van der Waals surface area contributed by atoms with Crippen molar-refractivity contribution in [3.8, 4) is 22.6 Å². The van der Waals surface area contributed by atoms with E-state index in [1.54, 1.807) is 57.2 Å². The zero-order valence-electron chi connectivity index (χ0n) is 26.8. The van der Waals surface area contributed by atoms with E-state index >= 15 is 0 Å². The van der Waals surface area contributed by atoms with Crippen LogP contribution in [0.2, 0.25) is 0 Å². The minimum absolute atomic E-state index is 0.0348. The molecule has 0 spiro atoms. The average molecular weight is 637 g/mol. The summed E-state index contributed by atoms with van der Waals surface area (Å²) in [5.41, 5.74) is 2.31. The quantitative estimate of drug-likeness (QED) is 0.185. The zero-order chi connectivity index (χ0) is 33.3. The molecule has 0 aliphatic carbocycles. The second kappa shape index (κ2) is 12.6. The van der Waals surface area contributed by atoms with Gasteiger partial charge >= 0.3 is 12.1 Å². The summed E-state index contributed by atoms with van der Waals surface area (Å²) in [7, 11) is 1.33. The maximum atomic E-state index is 14.2. The number of esters is 1. The lowest BCUT2D eigenvalue weighted by Crippen LogP contribution is -2.39. The van der Waals surface area contributed by atoms with Crippen LogP contribution in [0, 0.1) is 5.82 Å². The monoisotopic (exact) mass is 636 g/mol. The summed E-state index contributed by atoms with van der Waals surface area (Å²) in [6.45, 7) is 5.92. The van der Waals surface area contributed by atoms with Gasteiger partial charge in [-0.2, -0.15) is 0 Å². The Kier molecular flexibility index (Phi) is 8.51. The molecule has 1 aliphatic heterocycles. The highest BCUT2D eigenvalue weighted by Gasteiger charge is 2.46. The molecule has 0 bridgehead atoms. The molecule has 1 aromatic heterocycles.